The maximum Gasteiger partial charge on any atom is 0.248 e. The molecule has 0 fully saturated rings. The number of hydrogen-bond donors (Lipinski definition) is 2. The fourth-order valence-corrected chi connectivity index (χ4v) is 1.73. The van der Waals surface area contributed by atoms with Gasteiger partial charge in [0, 0.05) is 30.8 Å². The second-order valence-electron chi connectivity index (χ2n) is 4.12. The van der Waals surface area contributed by atoms with Crippen LogP contribution in [0.25, 0.3) is 0 Å². The first-order valence-corrected chi connectivity index (χ1v) is 6.00. The third kappa shape index (κ3) is 4.09. The van der Waals surface area contributed by atoms with Gasteiger partial charge in [-0.05, 0) is 31.2 Å². The van der Waals surface area contributed by atoms with Crippen LogP contribution >= 0.6 is 0 Å². The van der Waals surface area contributed by atoms with E-state index in [0.717, 1.165) is 6.54 Å². The summed E-state index contributed by atoms with van der Waals surface area (Å²) in [5.41, 5.74) is 5.93. The molecule has 0 saturated carbocycles. The summed E-state index contributed by atoms with van der Waals surface area (Å²) in [4.78, 5) is 13.0. The molecule has 0 radical (unpaired) electrons. The lowest BCUT2D eigenvalue weighted by atomic mass is 10.1. The van der Waals surface area contributed by atoms with Crippen LogP contribution in [0.3, 0.4) is 0 Å². The summed E-state index contributed by atoms with van der Waals surface area (Å²) in [6, 6.07) is 4.12. The SMILES string of the molecule is CCN(CCCO)Cc1cc(C(N)=O)ccc1F. The molecule has 1 amide bonds. The first-order chi connectivity index (χ1) is 8.58. The maximum absolute atomic E-state index is 13.6. The van der Waals surface area contributed by atoms with E-state index < -0.39 is 5.91 Å². The van der Waals surface area contributed by atoms with Crippen molar-refractivity contribution in [1.82, 2.24) is 4.90 Å². The van der Waals surface area contributed by atoms with Crippen molar-refractivity contribution in [3.05, 3.63) is 35.1 Å². The molecule has 0 spiro atoms. The van der Waals surface area contributed by atoms with Gasteiger partial charge in [-0.25, -0.2) is 4.39 Å². The average Bonchev–Trinajstić information content (AvgIpc) is 2.36. The molecule has 0 aromatic heterocycles. The van der Waals surface area contributed by atoms with Gasteiger partial charge in [0.2, 0.25) is 5.91 Å². The van der Waals surface area contributed by atoms with Crippen molar-refractivity contribution >= 4 is 5.91 Å². The molecule has 3 N–H and O–H groups in total. The smallest absolute Gasteiger partial charge is 0.248 e. The lowest BCUT2D eigenvalue weighted by Crippen LogP contribution is -2.25. The summed E-state index contributed by atoms with van der Waals surface area (Å²) in [5.74, 6) is -0.905. The molecule has 5 heteroatoms. The lowest BCUT2D eigenvalue weighted by molar-refractivity contribution is 0.1000. The van der Waals surface area contributed by atoms with Crippen LogP contribution in [0.1, 0.15) is 29.3 Å². The maximum atomic E-state index is 13.6. The third-order valence-electron chi connectivity index (χ3n) is 2.80. The number of benzene rings is 1. The highest BCUT2D eigenvalue weighted by Gasteiger charge is 2.10. The number of hydrogen-bond acceptors (Lipinski definition) is 3. The second-order valence-corrected chi connectivity index (χ2v) is 4.12. The van der Waals surface area contributed by atoms with Gasteiger partial charge in [0.25, 0.3) is 0 Å². The van der Waals surface area contributed by atoms with Crippen LogP contribution in [0, 0.1) is 5.82 Å². The minimum atomic E-state index is -0.561. The van der Waals surface area contributed by atoms with Gasteiger partial charge in [0.15, 0.2) is 0 Å². The first-order valence-electron chi connectivity index (χ1n) is 6.00. The van der Waals surface area contributed by atoms with Crippen molar-refractivity contribution in [1.29, 1.82) is 0 Å². The summed E-state index contributed by atoms with van der Waals surface area (Å²) in [6.07, 6.45) is 0.644. The van der Waals surface area contributed by atoms with Gasteiger partial charge in [-0.2, -0.15) is 0 Å². The first kappa shape index (κ1) is 14.6. The van der Waals surface area contributed by atoms with Crippen LogP contribution in [-0.4, -0.2) is 35.6 Å². The van der Waals surface area contributed by atoms with Crippen LogP contribution in [-0.2, 0) is 6.54 Å². The zero-order chi connectivity index (χ0) is 13.5. The van der Waals surface area contributed by atoms with E-state index in [1.54, 1.807) is 0 Å². The number of nitrogens with two attached hydrogens (primary N) is 1. The molecule has 0 unspecified atom stereocenters. The molecule has 4 nitrogen and oxygen atoms in total. The molecule has 0 aliphatic rings. The predicted molar refractivity (Wildman–Crippen MR) is 67.6 cm³/mol. The van der Waals surface area contributed by atoms with E-state index in [1.165, 1.54) is 18.2 Å². The van der Waals surface area contributed by atoms with Crippen molar-refractivity contribution in [3.8, 4) is 0 Å². The van der Waals surface area contributed by atoms with E-state index >= 15 is 0 Å². The topological polar surface area (TPSA) is 66.6 Å². The number of halogens is 1. The normalized spacial score (nSPS) is 10.9. The highest BCUT2D eigenvalue weighted by atomic mass is 19.1. The highest BCUT2D eigenvalue weighted by Crippen LogP contribution is 2.13. The molecule has 0 bridgehead atoms. The fourth-order valence-electron chi connectivity index (χ4n) is 1.73. The van der Waals surface area contributed by atoms with Crippen molar-refractivity contribution < 1.29 is 14.3 Å². The number of aliphatic hydroxyl groups is 1. The Bertz CT molecular complexity index is 410. The molecule has 1 aromatic rings. The minimum Gasteiger partial charge on any atom is -0.396 e. The van der Waals surface area contributed by atoms with Gasteiger partial charge in [0.05, 0.1) is 0 Å². The molecule has 1 aromatic carbocycles. The van der Waals surface area contributed by atoms with Crippen LogP contribution < -0.4 is 5.73 Å². The second kappa shape index (κ2) is 7.08. The van der Waals surface area contributed by atoms with Crippen molar-refractivity contribution in [2.75, 3.05) is 19.7 Å². The number of nitrogens with zero attached hydrogens (tertiary/aromatic N) is 1. The molecule has 0 atom stereocenters. The van der Waals surface area contributed by atoms with E-state index in [4.69, 9.17) is 10.8 Å². The fraction of sp³-hybridized carbons (Fsp3) is 0.462. The lowest BCUT2D eigenvalue weighted by Gasteiger charge is -2.20. The zero-order valence-electron chi connectivity index (χ0n) is 10.5. The van der Waals surface area contributed by atoms with E-state index in [0.29, 0.717) is 30.6 Å². The van der Waals surface area contributed by atoms with E-state index in [1.807, 2.05) is 11.8 Å². The van der Waals surface area contributed by atoms with Gasteiger partial charge in [-0.15, -0.1) is 0 Å². The molecule has 0 aliphatic carbocycles. The molecule has 1 rings (SSSR count). The Kier molecular flexibility index (Phi) is 5.74. The van der Waals surface area contributed by atoms with Gasteiger partial charge in [0.1, 0.15) is 5.82 Å². The molecule has 0 aliphatic heterocycles. The van der Waals surface area contributed by atoms with Crippen LogP contribution in [0.5, 0.6) is 0 Å². The number of rotatable bonds is 7. The van der Waals surface area contributed by atoms with Gasteiger partial charge in [-0.3, -0.25) is 9.69 Å². The Morgan fingerprint density at radius 3 is 2.78 bits per heavy atom. The number of primary amides is 1. The number of carbonyl (C=O) groups is 1. The van der Waals surface area contributed by atoms with E-state index in [-0.39, 0.29) is 12.4 Å². The van der Waals surface area contributed by atoms with Crippen molar-refractivity contribution in [3.63, 3.8) is 0 Å². The van der Waals surface area contributed by atoms with Crippen molar-refractivity contribution in [2.24, 2.45) is 5.73 Å². The van der Waals surface area contributed by atoms with E-state index in [2.05, 4.69) is 0 Å². The summed E-state index contributed by atoms with van der Waals surface area (Å²) in [6.45, 7) is 3.92. The Balaban J connectivity index is 2.80. The standard InChI is InChI=1S/C13H19FN2O2/c1-2-16(6-3-7-17)9-11-8-10(13(15)18)4-5-12(11)14/h4-5,8,17H,2-3,6-7,9H2,1H3,(H2,15,18). The van der Waals surface area contributed by atoms with Gasteiger partial charge in [-0.1, -0.05) is 6.92 Å². The molecule has 0 saturated heterocycles. The summed E-state index contributed by atoms with van der Waals surface area (Å²) in [5, 5.41) is 8.79. The Morgan fingerprint density at radius 1 is 1.50 bits per heavy atom. The quantitative estimate of drug-likeness (QED) is 0.766. The number of carbonyl (C=O) groups excluding carboxylic acids is 1. The highest BCUT2D eigenvalue weighted by molar-refractivity contribution is 5.92. The molecule has 100 valence electrons. The summed E-state index contributed by atoms with van der Waals surface area (Å²) in [7, 11) is 0. The summed E-state index contributed by atoms with van der Waals surface area (Å²) < 4.78 is 13.6. The van der Waals surface area contributed by atoms with Gasteiger partial charge < -0.3 is 10.8 Å². The Hall–Kier alpha value is -1.46. The minimum absolute atomic E-state index is 0.111. The molecular formula is C13H19FN2O2. The number of amides is 1. The van der Waals surface area contributed by atoms with E-state index in [9.17, 15) is 9.18 Å². The van der Waals surface area contributed by atoms with Crippen LogP contribution in [0.2, 0.25) is 0 Å². The van der Waals surface area contributed by atoms with Crippen molar-refractivity contribution in [2.45, 2.75) is 19.9 Å². The molecule has 18 heavy (non-hydrogen) atoms. The van der Waals surface area contributed by atoms with Crippen LogP contribution in [0.4, 0.5) is 4.39 Å². The predicted octanol–water partition coefficient (Wildman–Crippen LogP) is 1.13. The van der Waals surface area contributed by atoms with Gasteiger partial charge >= 0.3 is 0 Å². The zero-order valence-corrected chi connectivity index (χ0v) is 10.5. The monoisotopic (exact) mass is 254 g/mol. The molecular weight excluding hydrogens is 235 g/mol. The Morgan fingerprint density at radius 2 is 2.22 bits per heavy atom. The largest absolute Gasteiger partial charge is 0.396 e. The third-order valence-corrected chi connectivity index (χ3v) is 2.80. The average molecular weight is 254 g/mol. The molecule has 0 heterocycles. The Labute approximate surface area is 106 Å². The van der Waals surface area contributed by atoms with Crippen LogP contribution in [0.15, 0.2) is 18.2 Å². The number of aliphatic hydroxyl groups excluding tert-OH is 1. The summed E-state index contributed by atoms with van der Waals surface area (Å²) >= 11 is 0.